The zero-order valence-corrected chi connectivity index (χ0v) is 9.94. The highest BCUT2D eigenvalue weighted by molar-refractivity contribution is 7.89. The molecule has 88 valence electrons. The molecule has 5 heteroatoms. The van der Waals surface area contributed by atoms with E-state index in [1.54, 1.807) is 31.3 Å². The number of hydrogen-bond acceptors (Lipinski definition) is 3. The topological polar surface area (TPSA) is 57.6 Å². The molecule has 0 atom stereocenters. The van der Waals surface area contributed by atoms with Crippen LogP contribution in [0.15, 0.2) is 29.2 Å². The average Bonchev–Trinajstić information content (AvgIpc) is 3.11. The van der Waals surface area contributed by atoms with Gasteiger partial charge >= 0.3 is 0 Å². The maximum atomic E-state index is 12.2. The van der Waals surface area contributed by atoms with Crippen LogP contribution in [0.2, 0.25) is 0 Å². The molecule has 0 saturated heterocycles. The predicted molar refractivity (Wildman–Crippen MR) is 60.3 cm³/mol. The van der Waals surface area contributed by atoms with E-state index in [1.807, 2.05) is 0 Å². The molecule has 4 nitrogen and oxygen atoms in total. The van der Waals surface area contributed by atoms with Gasteiger partial charge in [0.1, 0.15) is 0 Å². The molecule has 1 aromatic rings. The highest BCUT2D eigenvalue weighted by atomic mass is 32.2. The molecule has 1 fully saturated rings. The number of sulfonamides is 1. The first kappa shape index (κ1) is 11.6. The second-order valence-corrected chi connectivity index (χ2v) is 5.98. The van der Waals surface area contributed by atoms with Crippen LogP contribution in [0.3, 0.4) is 0 Å². The number of rotatable bonds is 4. The van der Waals surface area contributed by atoms with E-state index in [0.717, 1.165) is 12.8 Å². The number of hydrogen-bond donors (Lipinski definition) is 1. The summed E-state index contributed by atoms with van der Waals surface area (Å²) >= 11 is 0. The molecule has 0 aliphatic heterocycles. The maximum Gasteiger partial charge on any atom is 0.243 e. The van der Waals surface area contributed by atoms with E-state index in [-0.39, 0.29) is 17.5 Å². The number of nitrogens with zero attached hydrogens (tertiary/aromatic N) is 1. The van der Waals surface area contributed by atoms with E-state index in [4.69, 9.17) is 5.11 Å². The summed E-state index contributed by atoms with van der Waals surface area (Å²) in [6.07, 6.45) is 1.86. The molecular formula is C11H15NO3S. The van der Waals surface area contributed by atoms with Gasteiger partial charge in [0.25, 0.3) is 0 Å². The van der Waals surface area contributed by atoms with Crippen molar-refractivity contribution < 1.29 is 13.5 Å². The molecule has 0 unspecified atom stereocenters. The van der Waals surface area contributed by atoms with Gasteiger partial charge in [0.15, 0.2) is 0 Å². The fraction of sp³-hybridized carbons (Fsp3) is 0.455. The summed E-state index contributed by atoms with van der Waals surface area (Å²) in [5.74, 6) is 0. The molecule has 0 aromatic heterocycles. The predicted octanol–water partition coefficient (Wildman–Crippen LogP) is 0.962. The lowest BCUT2D eigenvalue weighted by atomic mass is 10.2. The summed E-state index contributed by atoms with van der Waals surface area (Å²) in [6.45, 7) is -0.256. The average molecular weight is 241 g/mol. The number of aliphatic hydroxyl groups is 1. The molecule has 1 saturated carbocycles. The maximum absolute atomic E-state index is 12.2. The Bertz CT molecular complexity index is 480. The van der Waals surface area contributed by atoms with Crippen molar-refractivity contribution >= 4 is 10.0 Å². The normalized spacial score (nSPS) is 16.7. The Morgan fingerprint density at radius 1 is 1.38 bits per heavy atom. The van der Waals surface area contributed by atoms with Crippen LogP contribution in [0.5, 0.6) is 0 Å². The lowest BCUT2D eigenvalue weighted by molar-refractivity contribution is 0.278. The van der Waals surface area contributed by atoms with Gasteiger partial charge in [-0.15, -0.1) is 0 Å². The fourth-order valence-electron chi connectivity index (χ4n) is 1.68. The van der Waals surface area contributed by atoms with Gasteiger partial charge in [0.2, 0.25) is 10.0 Å². The summed E-state index contributed by atoms with van der Waals surface area (Å²) in [4.78, 5) is 0.215. The van der Waals surface area contributed by atoms with Gasteiger partial charge in [-0.2, -0.15) is 4.31 Å². The lowest BCUT2D eigenvalue weighted by Crippen LogP contribution is -2.29. The molecule has 0 spiro atoms. The largest absolute Gasteiger partial charge is 0.392 e. The molecule has 1 N–H and O–H groups in total. The summed E-state index contributed by atoms with van der Waals surface area (Å²) in [5, 5.41) is 9.13. The van der Waals surface area contributed by atoms with Gasteiger partial charge in [0, 0.05) is 13.1 Å². The summed E-state index contributed by atoms with van der Waals surface area (Å²) < 4.78 is 25.8. The first-order valence-electron chi connectivity index (χ1n) is 5.24. The molecule has 2 rings (SSSR count). The van der Waals surface area contributed by atoms with Crippen molar-refractivity contribution in [1.82, 2.24) is 4.31 Å². The van der Waals surface area contributed by atoms with Crippen LogP contribution in [-0.2, 0) is 16.6 Å². The van der Waals surface area contributed by atoms with Gasteiger partial charge in [0.05, 0.1) is 11.5 Å². The van der Waals surface area contributed by atoms with E-state index in [0.29, 0.717) is 5.56 Å². The summed E-state index contributed by atoms with van der Waals surface area (Å²) in [7, 11) is -1.85. The van der Waals surface area contributed by atoms with Gasteiger partial charge in [-0.1, -0.05) is 18.2 Å². The zero-order chi connectivity index (χ0) is 11.8. The summed E-state index contributed by atoms with van der Waals surface area (Å²) in [6, 6.07) is 6.71. The van der Waals surface area contributed by atoms with E-state index in [2.05, 4.69) is 0 Å². The Morgan fingerprint density at radius 2 is 2.00 bits per heavy atom. The molecule has 0 radical (unpaired) electrons. The fourth-order valence-corrected chi connectivity index (χ4v) is 3.30. The lowest BCUT2D eigenvalue weighted by Gasteiger charge is -2.18. The third kappa shape index (κ3) is 1.98. The van der Waals surface area contributed by atoms with Gasteiger partial charge in [-0.05, 0) is 24.5 Å². The van der Waals surface area contributed by atoms with Gasteiger partial charge in [-0.25, -0.2) is 8.42 Å². The molecule has 16 heavy (non-hydrogen) atoms. The summed E-state index contributed by atoms with van der Waals surface area (Å²) in [5.41, 5.74) is 0.454. The minimum Gasteiger partial charge on any atom is -0.392 e. The molecule has 0 heterocycles. The SMILES string of the molecule is CN(C1CC1)S(=O)(=O)c1ccccc1CO. The first-order valence-corrected chi connectivity index (χ1v) is 6.68. The molecule has 1 aliphatic rings. The van der Waals surface area contributed by atoms with Crippen LogP contribution in [0.25, 0.3) is 0 Å². The van der Waals surface area contributed by atoms with Gasteiger partial charge in [-0.3, -0.25) is 0 Å². The molecule has 1 aromatic carbocycles. The Labute approximate surface area is 95.6 Å². The third-order valence-corrected chi connectivity index (χ3v) is 4.87. The minimum absolute atomic E-state index is 0.136. The Morgan fingerprint density at radius 3 is 2.56 bits per heavy atom. The van der Waals surface area contributed by atoms with Crippen LogP contribution in [0.4, 0.5) is 0 Å². The van der Waals surface area contributed by atoms with Crippen molar-refractivity contribution in [2.75, 3.05) is 7.05 Å². The highest BCUT2D eigenvalue weighted by Gasteiger charge is 2.35. The Kier molecular flexibility index (Phi) is 3.01. The second-order valence-electron chi connectivity index (χ2n) is 4.02. The molecule has 0 bridgehead atoms. The van der Waals surface area contributed by atoms with Crippen molar-refractivity contribution in [1.29, 1.82) is 0 Å². The van der Waals surface area contributed by atoms with Crippen LogP contribution in [-0.4, -0.2) is 30.9 Å². The smallest absolute Gasteiger partial charge is 0.243 e. The molecular weight excluding hydrogens is 226 g/mol. The minimum atomic E-state index is -3.45. The van der Waals surface area contributed by atoms with E-state index >= 15 is 0 Å². The van der Waals surface area contributed by atoms with E-state index < -0.39 is 10.0 Å². The van der Waals surface area contributed by atoms with Crippen LogP contribution in [0.1, 0.15) is 18.4 Å². The second kappa shape index (κ2) is 4.16. The van der Waals surface area contributed by atoms with Crippen LogP contribution in [0, 0.1) is 0 Å². The van der Waals surface area contributed by atoms with Crippen molar-refractivity contribution in [3.63, 3.8) is 0 Å². The molecule has 1 aliphatic carbocycles. The van der Waals surface area contributed by atoms with Crippen molar-refractivity contribution in [3.05, 3.63) is 29.8 Å². The van der Waals surface area contributed by atoms with Gasteiger partial charge < -0.3 is 5.11 Å². The molecule has 0 amide bonds. The Hall–Kier alpha value is -0.910. The van der Waals surface area contributed by atoms with E-state index in [1.165, 1.54) is 4.31 Å². The first-order chi connectivity index (χ1) is 7.57. The standard InChI is InChI=1S/C11H15NO3S/c1-12(10-6-7-10)16(14,15)11-5-3-2-4-9(11)8-13/h2-5,10,13H,6-8H2,1H3. The van der Waals surface area contributed by atoms with Crippen molar-refractivity contribution in [2.24, 2.45) is 0 Å². The third-order valence-electron chi connectivity index (χ3n) is 2.86. The quantitative estimate of drug-likeness (QED) is 0.854. The monoisotopic (exact) mass is 241 g/mol. The van der Waals surface area contributed by atoms with Crippen LogP contribution < -0.4 is 0 Å². The van der Waals surface area contributed by atoms with Crippen molar-refractivity contribution in [3.8, 4) is 0 Å². The zero-order valence-electron chi connectivity index (χ0n) is 9.13. The van der Waals surface area contributed by atoms with Crippen LogP contribution >= 0.6 is 0 Å². The Balaban J connectivity index is 2.41. The number of benzene rings is 1. The van der Waals surface area contributed by atoms with Crippen molar-refractivity contribution in [2.45, 2.75) is 30.4 Å². The van der Waals surface area contributed by atoms with E-state index in [9.17, 15) is 8.42 Å². The number of aliphatic hydroxyl groups excluding tert-OH is 1. The highest BCUT2D eigenvalue weighted by Crippen LogP contribution is 2.31.